The summed E-state index contributed by atoms with van der Waals surface area (Å²) in [5, 5.41) is 3.91. The second-order valence-electron chi connectivity index (χ2n) is 4.90. The standard InChI is InChI=1S/C13H18ClFN2.ClH/c1-9-6-17(7-10(2)16-9)8-11-3-4-12(14)5-13(11)15;/h3-5,9-10,16H,6-8H2,1-2H3;1H. The van der Waals surface area contributed by atoms with Crippen LogP contribution in [0.2, 0.25) is 5.02 Å². The van der Waals surface area contributed by atoms with Gasteiger partial charge in [0.15, 0.2) is 0 Å². The number of piperazine rings is 1. The zero-order valence-electron chi connectivity index (χ0n) is 10.6. The highest BCUT2D eigenvalue weighted by molar-refractivity contribution is 6.30. The summed E-state index contributed by atoms with van der Waals surface area (Å²) in [5.74, 6) is -0.212. The largest absolute Gasteiger partial charge is 0.309 e. The molecule has 1 aliphatic rings. The Balaban J connectivity index is 0.00000162. The second-order valence-corrected chi connectivity index (χ2v) is 5.34. The van der Waals surface area contributed by atoms with Crippen LogP contribution in [0.25, 0.3) is 0 Å². The van der Waals surface area contributed by atoms with Gasteiger partial charge in [0.25, 0.3) is 0 Å². The summed E-state index contributed by atoms with van der Waals surface area (Å²) in [4.78, 5) is 2.28. The molecule has 2 nitrogen and oxygen atoms in total. The van der Waals surface area contributed by atoms with Crippen molar-refractivity contribution in [1.29, 1.82) is 0 Å². The van der Waals surface area contributed by atoms with E-state index in [9.17, 15) is 4.39 Å². The van der Waals surface area contributed by atoms with Crippen LogP contribution in [0.1, 0.15) is 19.4 Å². The predicted octanol–water partition coefficient (Wildman–Crippen LogP) is 3.08. The monoisotopic (exact) mass is 292 g/mol. The van der Waals surface area contributed by atoms with Gasteiger partial charge in [0.05, 0.1) is 0 Å². The van der Waals surface area contributed by atoms with Gasteiger partial charge in [-0.15, -0.1) is 12.4 Å². The lowest BCUT2D eigenvalue weighted by atomic mass is 10.1. The molecular formula is C13H19Cl2FN2. The van der Waals surface area contributed by atoms with Crippen molar-refractivity contribution in [1.82, 2.24) is 10.2 Å². The molecule has 1 aromatic rings. The fourth-order valence-electron chi connectivity index (χ4n) is 2.46. The third-order valence-corrected chi connectivity index (χ3v) is 3.28. The predicted molar refractivity (Wildman–Crippen MR) is 76.0 cm³/mol. The second kappa shape index (κ2) is 6.71. The summed E-state index contributed by atoms with van der Waals surface area (Å²) in [6.07, 6.45) is 0. The number of halogens is 3. The smallest absolute Gasteiger partial charge is 0.129 e. The van der Waals surface area contributed by atoms with Crippen LogP contribution < -0.4 is 5.32 Å². The van der Waals surface area contributed by atoms with Gasteiger partial charge in [-0.2, -0.15) is 0 Å². The van der Waals surface area contributed by atoms with Gasteiger partial charge in [-0.1, -0.05) is 17.7 Å². The number of hydrogen-bond donors (Lipinski definition) is 1. The van der Waals surface area contributed by atoms with Crippen molar-refractivity contribution in [3.05, 3.63) is 34.6 Å². The molecule has 1 fully saturated rings. The minimum absolute atomic E-state index is 0. The molecule has 0 bridgehead atoms. The topological polar surface area (TPSA) is 15.3 Å². The van der Waals surface area contributed by atoms with Gasteiger partial charge in [0, 0.05) is 42.3 Å². The molecule has 1 saturated heterocycles. The highest BCUT2D eigenvalue weighted by atomic mass is 35.5. The van der Waals surface area contributed by atoms with Crippen LogP contribution in [0.3, 0.4) is 0 Å². The van der Waals surface area contributed by atoms with Crippen molar-refractivity contribution in [2.75, 3.05) is 13.1 Å². The first-order chi connectivity index (χ1) is 8.04. The Labute approximate surface area is 119 Å². The van der Waals surface area contributed by atoms with E-state index in [-0.39, 0.29) is 18.2 Å². The molecule has 2 rings (SSSR count). The summed E-state index contributed by atoms with van der Waals surface area (Å²) < 4.78 is 13.7. The Hall–Kier alpha value is -0.350. The molecule has 0 aliphatic carbocycles. The third kappa shape index (κ3) is 4.09. The summed E-state index contributed by atoms with van der Waals surface area (Å²) in [6, 6.07) is 5.80. The van der Waals surface area contributed by atoms with Gasteiger partial charge in [-0.25, -0.2) is 4.39 Å². The van der Waals surface area contributed by atoms with Crippen LogP contribution in [-0.4, -0.2) is 30.1 Å². The van der Waals surface area contributed by atoms with E-state index < -0.39 is 0 Å². The molecule has 18 heavy (non-hydrogen) atoms. The fourth-order valence-corrected chi connectivity index (χ4v) is 2.62. The summed E-state index contributed by atoms with van der Waals surface area (Å²) in [5.41, 5.74) is 0.718. The van der Waals surface area contributed by atoms with Crippen LogP contribution >= 0.6 is 24.0 Å². The van der Waals surface area contributed by atoms with E-state index in [0.717, 1.165) is 18.7 Å². The molecule has 0 radical (unpaired) electrons. The van der Waals surface area contributed by atoms with Gasteiger partial charge in [-0.05, 0) is 26.0 Å². The average molecular weight is 293 g/mol. The van der Waals surface area contributed by atoms with Crippen molar-refractivity contribution in [2.24, 2.45) is 0 Å². The Kier molecular flexibility index (Phi) is 5.86. The molecule has 1 aromatic carbocycles. The van der Waals surface area contributed by atoms with E-state index in [1.807, 2.05) is 0 Å². The van der Waals surface area contributed by atoms with Gasteiger partial charge in [0.1, 0.15) is 5.82 Å². The molecular weight excluding hydrogens is 274 g/mol. The first-order valence-electron chi connectivity index (χ1n) is 5.97. The summed E-state index contributed by atoms with van der Waals surface area (Å²) in [7, 11) is 0. The average Bonchev–Trinajstić information content (AvgIpc) is 2.21. The number of rotatable bonds is 2. The van der Waals surface area contributed by atoms with Crippen molar-refractivity contribution >= 4 is 24.0 Å². The molecule has 2 atom stereocenters. The minimum Gasteiger partial charge on any atom is -0.309 e. The molecule has 0 saturated carbocycles. The Morgan fingerprint density at radius 1 is 1.33 bits per heavy atom. The van der Waals surface area contributed by atoms with Gasteiger partial charge in [-0.3, -0.25) is 4.90 Å². The molecule has 1 aliphatic heterocycles. The maximum atomic E-state index is 13.7. The SMILES string of the molecule is CC1CN(Cc2ccc(Cl)cc2F)CC(C)N1.Cl. The zero-order valence-corrected chi connectivity index (χ0v) is 12.2. The third-order valence-electron chi connectivity index (χ3n) is 3.04. The highest BCUT2D eigenvalue weighted by Gasteiger charge is 2.21. The normalized spacial score (nSPS) is 24.7. The first-order valence-corrected chi connectivity index (χ1v) is 6.34. The highest BCUT2D eigenvalue weighted by Crippen LogP contribution is 2.17. The van der Waals surface area contributed by atoms with E-state index in [0.29, 0.717) is 23.7 Å². The molecule has 1 heterocycles. The van der Waals surface area contributed by atoms with Crippen molar-refractivity contribution in [2.45, 2.75) is 32.5 Å². The van der Waals surface area contributed by atoms with Crippen molar-refractivity contribution in [3.63, 3.8) is 0 Å². The maximum absolute atomic E-state index is 13.7. The van der Waals surface area contributed by atoms with Crippen molar-refractivity contribution in [3.8, 4) is 0 Å². The van der Waals surface area contributed by atoms with Crippen LogP contribution in [0.4, 0.5) is 4.39 Å². The molecule has 0 spiro atoms. The molecule has 2 unspecified atom stereocenters. The molecule has 0 amide bonds. The minimum atomic E-state index is -0.212. The lowest BCUT2D eigenvalue weighted by molar-refractivity contribution is 0.165. The summed E-state index contributed by atoms with van der Waals surface area (Å²) >= 11 is 5.74. The van der Waals surface area contributed by atoms with Crippen LogP contribution in [0, 0.1) is 5.82 Å². The number of nitrogens with one attached hydrogen (secondary N) is 1. The van der Waals surface area contributed by atoms with Crippen LogP contribution in [0.5, 0.6) is 0 Å². The van der Waals surface area contributed by atoms with Gasteiger partial charge >= 0.3 is 0 Å². The molecule has 0 aromatic heterocycles. The van der Waals surface area contributed by atoms with Crippen LogP contribution in [-0.2, 0) is 6.54 Å². The van der Waals surface area contributed by atoms with E-state index >= 15 is 0 Å². The summed E-state index contributed by atoms with van der Waals surface area (Å²) in [6.45, 7) is 6.86. The molecule has 1 N–H and O–H groups in total. The fraction of sp³-hybridized carbons (Fsp3) is 0.538. The van der Waals surface area contributed by atoms with E-state index in [4.69, 9.17) is 11.6 Å². The number of nitrogens with zero attached hydrogens (tertiary/aromatic N) is 1. The lowest BCUT2D eigenvalue weighted by Crippen LogP contribution is -2.53. The van der Waals surface area contributed by atoms with E-state index in [1.165, 1.54) is 6.07 Å². The van der Waals surface area contributed by atoms with Gasteiger partial charge < -0.3 is 5.32 Å². The van der Waals surface area contributed by atoms with Gasteiger partial charge in [0.2, 0.25) is 0 Å². The first kappa shape index (κ1) is 15.7. The Morgan fingerprint density at radius 2 is 1.94 bits per heavy atom. The molecule has 5 heteroatoms. The van der Waals surface area contributed by atoms with E-state index in [2.05, 4.69) is 24.1 Å². The number of benzene rings is 1. The molecule has 102 valence electrons. The van der Waals surface area contributed by atoms with Crippen LogP contribution in [0.15, 0.2) is 18.2 Å². The Morgan fingerprint density at radius 3 is 2.50 bits per heavy atom. The quantitative estimate of drug-likeness (QED) is 0.901. The zero-order chi connectivity index (χ0) is 12.4. The van der Waals surface area contributed by atoms with E-state index in [1.54, 1.807) is 12.1 Å². The maximum Gasteiger partial charge on any atom is 0.129 e. The number of hydrogen-bond acceptors (Lipinski definition) is 2. The van der Waals surface area contributed by atoms with Crippen molar-refractivity contribution < 1.29 is 4.39 Å². The lowest BCUT2D eigenvalue weighted by Gasteiger charge is -2.36. The Bertz CT molecular complexity index is 391.